The van der Waals surface area contributed by atoms with Gasteiger partial charge in [-0.1, -0.05) is 66.7 Å². The van der Waals surface area contributed by atoms with Crippen LogP contribution in [0.25, 0.3) is 11.0 Å². The zero-order valence-corrected chi connectivity index (χ0v) is 16.1. The molecule has 0 aliphatic carbocycles. The Labute approximate surface area is 169 Å². The predicted octanol–water partition coefficient (Wildman–Crippen LogP) is 4.79. The molecule has 4 rings (SSSR count). The number of aromatic nitrogens is 2. The predicted molar refractivity (Wildman–Crippen MR) is 113 cm³/mol. The quantitative estimate of drug-likeness (QED) is 0.451. The molecule has 0 N–H and O–H groups in total. The minimum atomic E-state index is -0.0419. The molecule has 4 aromatic rings. The highest BCUT2D eigenvalue weighted by atomic mass is 16.1. The summed E-state index contributed by atoms with van der Waals surface area (Å²) in [5.74, 6) is -0.0833. The third-order valence-electron chi connectivity index (χ3n) is 4.82. The van der Waals surface area contributed by atoms with Crippen molar-refractivity contribution in [3.05, 3.63) is 107 Å². The standard InChI is InChI=1S/C25H20N2O2/c1-17-12-13-20-21(14-17)27-23(16-25(29)19-10-6-3-7-11-19)22(26-20)15-24(28)18-8-4-2-5-9-18/h2-14H,15-16H2,1H3. The van der Waals surface area contributed by atoms with Gasteiger partial charge in [0.1, 0.15) is 0 Å². The molecule has 0 saturated heterocycles. The Morgan fingerprint density at radius 1 is 0.655 bits per heavy atom. The van der Waals surface area contributed by atoms with E-state index in [0.717, 1.165) is 16.6 Å². The molecular weight excluding hydrogens is 360 g/mol. The number of fused-ring (bicyclic) bond motifs is 1. The summed E-state index contributed by atoms with van der Waals surface area (Å²) in [6.07, 6.45) is 0.219. The second kappa shape index (κ2) is 8.15. The lowest BCUT2D eigenvalue weighted by molar-refractivity contribution is 0.0977. The first kappa shape index (κ1) is 18.7. The summed E-state index contributed by atoms with van der Waals surface area (Å²) in [6.45, 7) is 1.99. The zero-order chi connectivity index (χ0) is 20.2. The van der Waals surface area contributed by atoms with E-state index in [1.165, 1.54) is 0 Å². The van der Waals surface area contributed by atoms with Gasteiger partial charge in [-0.25, -0.2) is 9.97 Å². The van der Waals surface area contributed by atoms with E-state index in [2.05, 4.69) is 0 Å². The molecule has 0 saturated carbocycles. The second-order valence-electron chi connectivity index (χ2n) is 7.04. The van der Waals surface area contributed by atoms with E-state index in [9.17, 15) is 9.59 Å². The fourth-order valence-corrected chi connectivity index (χ4v) is 3.28. The molecule has 0 aliphatic rings. The maximum absolute atomic E-state index is 12.8. The molecule has 29 heavy (non-hydrogen) atoms. The topological polar surface area (TPSA) is 59.9 Å². The van der Waals surface area contributed by atoms with Gasteiger partial charge in [0.2, 0.25) is 0 Å². The van der Waals surface area contributed by atoms with Crippen LogP contribution in [0.5, 0.6) is 0 Å². The number of nitrogens with zero attached hydrogens (tertiary/aromatic N) is 2. The van der Waals surface area contributed by atoms with Crippen molar-refractivity contribution >= 4 is 22.6 Å². The van der Waals surface area contributed by atoms with Crippen molar-refractivity contribution in [2.75, 3.05) is 0 Å². The minimum Gasteiger partial charge on any atom is -0.294 e. The average molecular weight is 380 g/mol. The Bertz CT molecular complexity index is 1190. The summed E-state index contributed by atoms with van der Waals surface area (Å²) in [7, 11) is 0. The van der Waals surface area contributed by atoms with Gasteiger partial charge in [0.15, 0.2) is 11.6 Å². The second-order valence-corrected chi connectivity index (χ2v) is 7.04. The smallest absolute Gasteiger partial charge is 0.168 e. The number of hydrogen-bond acceptors (Lipinski definition) is 4. The summed E-state index contributed by atoms with van der Waals surface area (Å²) < 4.78 is 0. The summed E-state index contributed by atoms with van der Waals surface area (Å²) in [5.41, 5.74) is 4.89. The summed E-state index contributed by atoms with van der Waals surface area (Å²) >= 11 is 0. The lowest BCUT2D eigenvalue weighted by Gasteiger charge is -2.10. The van der Waals surface area contributed by atoms with E-state index in [-0.39, 0.29) is 24.4 Å². The molecule has 0 spiro atoms. The van der Waals surface area contributed by atoms with Crippen molar-refractivity contribution < 1.29 is 9.59 Å². The maximum atomic E-state index is 12.8. The lowest BCUT2D eigenvalue weighted by Crippen LogP contribution is -2.13. The molecule has 0 aliphatic heterocycles. The van der Waals surface area contributed by atoms with Crippen LogP contribution in [0.2, 0.25) is 0 Å². The van der Waals surface area contributed by atoms with Crippen molar-refractivity contribution in [2.45, 2.75) is 19.8 Å². The SMILES string of the molecule is Cc1ccc2nc(CC(=O)c3ccccc3)c(CC(=O)c3ccccc3)nc2c1. The van der Waals surface area contributed by atoms with Gasteiger partial charge in [0, 0.05) is 11.1 Å². The first-order chi connectivity index (χ1) is 14.1. The van der Waals surface area contributed by atoms with E-state index in [1.807, 2.05) is 61.5 Å². The Morgan fingerprint density at radius 3 is 1.66 bits per heavy atom. The van der Waals surface area contributed by atoms with Gasteiger partial charge in [-0.3, -0.25) is 9.59 Å². The van der Waals surface area contributed by atoms with Crippen LogP contribution in [0.4, 0.5) is 0 Å². The van der Waals surface area contributed by atoms with Crippen molar-refractivity contribution in [3.63, 3.8) is 0 Å². The highest BCUT2D eigenvalue weighted by molar-refractivity contribution is 5.99. The molecule has 3 aromatic carbocycles. The highest BCUT2D eigenvalue weighted by Crippen LogP contribution is 2.18. The van der Waals surface area contributed by atoms with E-state index in [4.69, 9.17) is 9.97 Å². The van der Waals surface area contributed by atoms with Gasteiger partial charge in [-0.2, -0.15) is 0 Å². The number of benzene rings is 3. The fourth-order valence-electron chi connectivity index (χ4n) is 3.28. The molecule has 0 radical (unpaired) electrons. The Hall–Kier alpha value is -3.66. The first-order valence-corrected chi connectivity index (χ1v) is 9.53. The van der Waals surface area contributed by atoms with Crippen molar-refractivity contribution in [2.24, 2.45) is 0 Å². The molecule has 0 fully saturated rings. The van der Waals surface area contributed by atoms with Crippen LogP contribution in [0.1, 0.15) is 37.7 Å². The lowest BCUT2D eigenvalue weighted by atomic mass is 10.0. The van der Waals surface area contributed by atoms with Gasteiger partial charge >= 0.3 is 0 Å². The van der Waals surface area contributed by atoms with Crippen LogP contribution < -0.4 is 0 Å². The number of aryl methyl sites for hydroxylation is 1. The van der Waals surface area contributed by atoms with Crippen LogP contribution >= 0.6 is 0 Å². The van der Waals surface area contributed by atoms with Crippen molar-refractivity contribution in [1.82, 2.24) is 9.97 Å². The van der Waals surface area contributed by atoms with E-state index in [0.29, 0.717) is 22.5 Å². The number of Topliss-reactive ketones (excluding diaryl/α,β-unsaturated/α-hetero) is 2. The van der Waals surface area contributed by atoms with Crippen LogP contribution in [0, 0.1) is 6.92 Å². The van der Waals surface area contributed by atoms with Crippen LogP contribution in [0.15, 0.2) is 78.9 Å². The third kappa shape index (κ3) is 4.27. The monoisotopic (exact) mass is 380 g/mol. The van der Waals surface area contributed by atoms with Crippen LogP contribution in [-0.2, 0) is 12.8 Å². The van der Waals surface area contributed by atoms with Gasteiger partial charge < -0.3 is 0 Å². The molecule has 1 heterocycles. The van der Waals surface area contributed by atoms with Gasteiger partial charge in [-0.15, -0.1) is 0 Å². The fraction of sp³-hybridized carbons (Fsp3) is 0.120. The molecule has 0 bridgehead atoms. The first-order valence-electron chi connectivity index (χ1n) is 9.53. The molecule has 4 heteroatoms. The maximum Gasteiger partial charge on any atom is 0.168 e. The van der Waals surface area contributed by atoms with Crippen molar-refractivity contribution in [1.29, 1.82) is 0 Å². The van der Waals surface area contributed by atoms with E-state index in [1.54, 1.807) is 24.3 Å². The Balaban J connectivity index is 1.72. The van der Waals surface area contributed by atoms with Gasteiger partial charge in [0.25, 0.3) is 0 Å². The van der Waals surface area contributed by atoms with Crippen LogP contribution in [0.3, 0.4) is 0 Å². The van der Waals surface area contributed by atoms with E-state index < -0.39 is 0 Å². The molecule has 142 valence electrons. The number of ketones is 2. The minimum absolute atomic E-state index is 0.0414. The molecule has 0 amide bonds. The summed E-state index contributed by atoms with van der Waals surface area (Å²) in [5, 5.41) is 0. The molecule has 0 unspecified atom stereocenters. The molecule has 0 atom stereocenters. The normalized spacial score (nSPS) is 10.8. The van der Waals surface area contributed by atoms with Gasteiger partial charge in [0.05, 0.1) is 35.3 Å². The van der Waals surface area contributed by atoms with Crippen LogP contribution in [-0.4, -0.2) is 21.5 Å². The number of carbonyl (C=O) groups is 2. The largest absolute Gasteiger partial charge is 0.294 e. The third-order valence-corrected chi connectivity index (χ3v) is 4.82. The molecule has 1 aromatic heterocycles. The summed E-state index contributed by atoms with van der Waals surface area (Å²) in [4.78, 5) is 34.9. The average Bonchev–Trinajstić information content (AvgIpc) is 2.75. The Kier molecular flexibility index (Phi) is 5.25. The summed E-state index contributed by atoms with van der Waals surface area (Å²) in [6, 6.07) is 24.1. The Morgan fingerprint density at radius 2 is 1.14 bits per heavy atom. The van der Waals surface area contributed by atoms with Crippen molar-refractivity contribution in [3.8, 4) is 0 Å². The van der Waals surface area contributed by atoms with Gasteiger partial charge in [-0.05, 0) is 24.6 Å². The highest BCUT2D eigenvalue weighted by Gasteiger charge is 2.17. The molecule has 4 nitrogen and oxygen atoms in total. The number of rotatable bonds is 6. The van der Waals surface area contributed by atoms with E-state index >= 15 is 0 Å². The zero-order valence-electron chi connectivity index (χ0n) is 16.1. The number of hydrogen-bond donors (Lipinski definition) is 0. The molecular formula is C25H20N2O2. The number of carbonyl (C=O) groups excluding carboxylic acids is 2.